The molecule has 0 saturated heterocycles. The van der Waals surface area contributed by atoms with E-state index in [1.807, 2.05) is 0 Å². The lowest BCUT2D eigenvalue weighted by Gasteiger charge is -2.07. The summed E-state index contributed by atoms with van der Waals surface area (Å²) >= 11 is 0. The summed E-state index contributed by atoms with van der Waals surface area (Å²) < 4.78 is 56.9. The summed E-state index contributed by atoms with van der Waals surface area (Å²) in [7, 11) is -8.04. The second-order valence-electron chi connectivity index (χ2n) is 10.3. The van der Waals surface area contributed by atoms with Crippen LogP contribution in [0.25, 0.3) is 0 Å². The van der Waals surface area contributed by atoms with Gasteiger partial charge in [0.25, 0.3) is 0 Å². The van der Waals surface area contributed by atoms with E-state index < -0.39 is 45.0 Å². The number of rotatable bonds is 27. The van der Waals surface area contributed by atoms with E-state index in [0.29, 0.717) is 12.8 Å². The Morgan fingerprint density at radius 3 is 0.921 bits per heavy atom. The van der Waals surface area contributed by atoms with Gasteiger partial charge in [-0.2, -0.15) is 16.8 Å². The molecule has 0 aromatic carbocycles. The SMILES string of the molecule is CCCCCCCCCCCCS(=O)(=O)OC(=O)CCC(=O)OS(=O)(=O)CCCCCCCCCCCC. The Hall–Kier alpha value is -1.16. The minimum absolute atomic E-state index is 0.257. The van der Waals surface area contributed by atoms with Crippen LogP contribution in [-0.4, -0.2) is 40.3 Å². The van der Waals surface area contributed by atoms with Crippen LogP contribution in [0.3, 0.4) is 0 Å². The molecule has 0 aliphatic rings. The molecular weight excluding hydrogens is 528 g/mol. The van der Waals surface area contributed by atoms with Gasteiger partial charge in [-0.25, -0.2) is 0 Å². The Morgan fingerprint density at radius 2 is 0.658 bits per heavy atom. The molecule has 0 aliphatic carbocycles. The quantitative estimate of drug-likeness (QED) is 0.0728. The summed E-state index contributed by atoms with van der Waals surface area (Å²) in [6, 6.07) is 0. The molecule has 0 heterocycles. The fourth-order valence-electron chi connectivity index (χ4n) is 4.19. The van der Waals surface area contributed by atoms with Crippen molar-refractivity contribution in [2.45, 2.75) is 155 Å². The third-order valence-electron chi connectivity index (χ3n) is 6.47. The van der Waals surface area contributed by atoms with Gasteiger partial charge in [0.1, 0.15) is 0 Å². The molecule has 0 unspecified atom stereocenters. The van der Waals surface area contributed by atoms with Crippen molar-refractivity contribution in [2.75, 3.05) is 11.5 Å². The smallest absolute Gasteiger partial charge is 0.322 e. The molecule has 8 nitrogen and oxygen atoms in total. The molecule has 0 atom stereocenters. The summed E-state index contributed by atoms with van der Waals surface area (Å²) in [6.45, 7) is 4.37. The van der Waals surface area contributed by atoms with E-state index in [1.165, 1.54) is 64.2 Å². The highest BCUT2D eigenvalue weighted by Gasteiger charge is 2.21. The maximum absolute atomic E-state index is 12.0. The van der Waals surface area contributed by atoms with Crippen LogP contribution in [0.2, 0.25) is 0 Å². The molecule has 0 amide bonds. The minimum atomic E-state index is -4.02. The van der Waals surface area contributed by atoms with Gasteiger partial charge in [0.15, 0.2) is 0 Å². The van der Waals surface area contributed by atoms with E-state index in [2.05, 4.69) is 22.2 Å². The lowest BCUT2D eigenvalue weighted by Crippen LogP contribution is -2.19. The standard InChI is InChI=1S/C28H54O8S2/c1-3-5-7-9-11-13-15-17-19-21-25-37(31,32)35-27(29)23-24-28(30)36-38(33,34)26-22-20-18-16-14-12-10-8-6-4-2/h3-26H2,1-2H3. The van der Waals surface area contributed by atoms with Crippen molar-refractivity contribution < 1.29 is 34.8 Å². The largest absolute Gasteiger partial charge is 0.346 e. The van der Waals surface area contributed by atoms with Gasteiger partial charge < -0.3 is 8.37 Å². The number of carbonyl (C=O) groups excluding carboxylic acids is 2. The van der Waals surface area contributed by atoms with Crippen LogP contribution < -0.4 is 0 Å². The fraction of sp³-hybridized carbons (Fsp3) is 0.929. The lowest BCUT2D eigenvalue weighted by atomic mass is 10.1. The predicted octanol–water partition coefficient (Wildman–Crippen LogP) is 7.35. The predicted molar refractivity (Wildman–Crippen MR) is 153 cm³/mol. The minimum Gasteiger partial charge on any atom is -0.346 e. The van der Waals surface area contributed by atoms with Gasteiger partial charge in [0, 0.05) is 0 Å². The normalized spacial score (nSPS) is 11.9. The first-order valence-corrected chi connectivity index (χ1v) is 18.2. The Labute approximate surface area is 233 Å². The van der Waals surface area contributed by atoms with Gasteiger partial charge >= 0.3 is 32.2 Å². The molecular formula is C28H54O8S2. The first-order valence-electron chi connectivity index (χ1n) is 15.0. The van der Waals surface area contributed by atoms with E-state index in [1.54, 1.807) is 0 Å². The lowest BCUT2D eigenvalue weighted by molar-refractivity contribution is -0.140. The molecule has 0 aromatic heterocycles. The van der Waals surface area contributed by atoms with Crippen LogP contribution in [0.1, 0.15) is 155 Å². The van der Waals surface area contributed by atoms with E-state index in [4.69, 9.17) is 0 Å². The summed E-state index contributed by atoms with van der Waals surface area (Å²) in [5.74, 6) is -2.68. The maximum Gasteiger partial charge on any atom is 0.322 e. The Kier molecular flexibility index (Phi) is 23.0. The highest BCUT2D eigenvalue weighted by Crippen LogP contribution is 2.13. The van der Waals surface area contributed by atoms with Crippen LogP contribution in [0.15, 0.2) is 0 Å². The van der Waals surface area contributed by atoms with Crippen molar-refractivity contribution in [3.8, 4) is 0 Å². The van der Waals surface area contributed by atoms with Crippen molar-refractivity contribution in [3.63, 3.8) is 0 Å². The topological polar surface area (TPSA) is 121 Å². The van der Waals surface area contributed by atoms with Crippen molar-refractivity contribution in [1.82, 2.24) is 0 Å². The zero-order valence-corrected chi connectivity index (χ0v) is 25.7. The zero-order chi connectivity index (χ0) is 28.5. The van der Waals surface area contributed by atoms with Gasteiger partial charge in [0.05, 0.1) is 24.3 Å². The summed E-state index contributed by atoms with van der Waals surface area (Å²) in [6.07, 6.45) is 20.0. The zero-order valence-electron chi connectivity index (χ0n) is 24.1. The summed E-state index contributed by atoms with van der Waals surface area (Å²) in [4.78, 5) is 23.6. The first-order chi connectivity index (χ1) is 18.1. The van der Waals surface area contributed by atoms with Gasteiger partial charge in [-0.05, 0) is 12.8 Å². The molecule has 0 radical (unpaired) electrons. The first kappa shape index (κ1) is 36.8. The highest BCUT2D eigenvalue weighted by atomic mass is 32.2. The second kappa shape index (κ2) is 23.7. The molecule has 0 fully saturated rings. The maximum atomic E-state index is 12.0. The molecule has 38 heavy (non-hydrogen) atoms. The van der Waals surface area contributed by atoms with E-state index in [-0.39, 0.29) is 11.5 Å². The molecule has 10 heteroatoms. The Balaban J connectivity index is 3.89. The number of hydrogen-bond acceptors (Lipinski definition) is 8. The van der Waals surface area contributed by atoms with Crippen LogP contribution in [-0.2, 0) is 38.2 Å². The molecule has 0 rings (SSSR count). The van der Waals surface area contributed by atoms with Crippen LogP contribution in [0.4, 0.5) is 0 Å². The average Bonchev–Trinajstić information content (AvgIpc) is 2.84. The number of carbonyl (C=O) groups is 2. The monoisotopic (exact) mass is 582 g/mol. The molecule has 0 spiro atoms. The highest BCUT2D eigenvalue weighted by molar-refractivity contribution is 7.87. The molecule has 0 saturated carbocycles. The van der Waals surface area contributed by atoms with Crippen molar-refractivity contribution in [3.05, 3.63) is 0 Å². The Bertz CT molecular complexity index is 739. The van der Waals surface area contributed by atoms with Gasteiger partial charge in [0.2, 0.25) is 0 Å². The van der Waals surface area contributed by atoms with Crippen LogP contribution in [0, 0.1) is 0 Å². The molecule has 226 valence electrons. The average molecular weight is 583 g/mol. The van der Waals surface area contributed by atoms with Gasteiger partial charge in [-0.15, -0.1) is 0 Å². The molecule has 0 N–H and O–H groups in total. The van der Waals surface area contributed by atoms with Crippen molar-refractivity contribution in [1.29, 1.82) is 0 Å². The third-order valence-corrected chi connectivity index (χ3v) is 8.93. The number of unbranched alkanes of at least 4 members (excludes halogenated alkanes) is 18. The van der Waals surface area contributed by atoms with E-state index in [0.717, 1.165) is 51.4 Å². The second-order valence-corrected chi connectivity index (χ2v) is 13.7. The van der Waals surface area contributed by atoms with E-state index >= 15 is 0 Å². The van der Waals surface area contributed by atoms with Crippen molar-refractivity contribution >= 4 is 32.2 Å². The third kappa shape index (κ3) is 25.1. The van der Waals surface area contributed by atoms with Crippen LogP contribution in [0.5, 0.6) is 0 Å². The van der Waals surface area contributed by atoms with Gasteiger partial charge in [-0.3, -0.25) is 9.59 Å². The molecule has 0 aromatic rings. The molecule has 0 aliphatic heterocycles. The number of hydrogen-bond donors (Lipinski definition) is 0. The van der Waals surface area contributed by atoms with E-state index in [9.17, 15) is 26.4 Å². The summed E-state index contributed by atoms with van der Waals surface area (Å²) in [5, 5.41) is 0. The van der Waals surface area contributed by atoms with Crippen molar-refractivity contribution in [2.24, 2.45) is 0 Å². The fourth-order valence-corrected chi connectivity index (χ4v) is 6.20. The Morgan fingerprint density at radius 1 is 0.421 bits per heavy atom. The molecule has 0 bridgehead atoms. The van der Waals surface area contributed by atoms with Crippen LogP contribution >= 0.6 is 0 Å². The summed E-state index contributed by atoms with van der Waals surface area (Å²) in [5.41, 5.74) is 0. The van der Waals surface area contributed by atoms with Gasteiger partial charge in [-0.1, -0.05) is 129 Å².